The summed E-state index contributed by atoms with van der Waals surface area (Å²) in [5.41, 5.74) is 5.75. The van der Waals surface area contributed by atoms with Gasteiger partial charge in [0.05, 0.1) is 11.1 Å². The lowest BCUT2D eigenvalue weighted by Crippen LogP contribution is -2.49. The van der Waals surface area contributed by atoms with E-state index in [0.29, 0.717) is 17.7 Å². The van der Waals surface area contributed by atoms with E-state index < -0.39 is 17.9 Å². The smallest absolute Gasteiger partial charge is 0.312 e. The summed E-state index contributed by atoms with van der Waals surface area (Å²) in [4.78, 5) is 23.2. The van der Waals surface area contributed by atoms with E-state index in [2.05, 4.69) is 10.6 Å². The van der Waals surface area contributed by atoms with E-state index in [1.165, 1.54) is 12.1 Å². The molecule has 1 aromatic rings. The van der Waals surface area contributed by atoms with Gasteiger partial charge in [0.2, 0.25) is 5.91 Å². The van der Waals surface area contributed by atoms with Gasteiger partial charge in [-0.05, 0) is 43.0 Å². The molecule has 0 heterocycles. The SMILES string of the molecule is CSCC[C@@H](NC(N)=O)C(=O)N[C@@H](C)c1ccc(F)c(Cl)c1. The predicted molar refractivity (Wildman–Crippen MR) is 87.5 cm³/mol. The first kappa shape index (κ1) is 18.6. The number of hydrogen-bond acceptors (Lipinski definition) is 3. The Labute approximate surface area is 138 Å². The first-order chi connectivity index (χ1) is 10.3. The Bertz CT molecular complexity index is 545. The Morgan fingerprint density at radius 1 is 1.41 bits per heavy atom. The van der Waals surface area contributed by atoms with Gasteiger partial charge in [-0.3, -0.25) is 4.79 Å². The molecule has 4 N–H and O–H groups in total. The Balaban J connectivity index is 2.73. The van der Waals surface area contributed by atoms with Crippen LogP contribution in [0.2, 0.25) is 5.02 Å². The molecule has 2 atom stereocenters. The minimum absolute atomic E-state index is 0.00667. The summed E-state index contributed by atoms with van der Waals surface area (Å²) in [5.74, 6) is -0.159. The maximum atomic E-state index is 13.2. The molecule has 1 aromatic carbocycles. The van der Waals surface area contributed by atoms with Crippen molar-refractivity contribution in [1.82, 2.24) is 10.6 Å². The van der Waals surface area contributed by atoms with Crippen molar-refractivity contribution in [2.24, 2.45) is 5.73 Å². The normalized spacial score (nSPS) is 13.3. The Morgan fingerprint density at radius 3 is 2.64 bits per heavy atom. The van der Waals surface area contributed by atoms with Gasteiger partial charge < -0.3 is 16.4 Å². The molecule has 0 saturated carbocycles. The van der Waals surface area contributed by atoms with Crippen LogP contribution in [-0.2, 0) is 4.79 Å². The topological polar surface area (TPSA) is 84.2 Å². The number of carbonyl (C=O) groups is 2. The van der Waals surface area contributed by atoms with Crippen molar-refractivity contribution in [2.45, 2.75) is 25.4 Å². The minimum Gasteiger partial charge on any atom is -0.352 e. The molecule has 0 fully saturated rings. The summed E-state index contributed by atoms with van der Waals surface area (Å²) in [6.07, 6.45) is 2.37. The Kier molecular flexibility index (Phi) is 7.47. The molecule has 0 aliphatic rings. The highest BCUT2D eigenvalue weighted by atomic mass is 35.5. The number of thioether (sulfide) groups is 1. The van der Waals surface area contributed by atoms with Crippen LogP contribution in [0.5, 0.6) is 0 Å². The van der Waals surface area contributed by atoms with Gasteiger partial charge in [0, 0.05) is 0 Å². The number of benzene rings is 1. The van der Waals surface area contributed by atoms with E-state index >= 15 is 0 Å². The third-order valence-corrected chi connectivity index (χ3v) is 3.98. The molecule has 0 bridgehead atoms. The number of nitrogens with two attached hydrogens (primary N) is 1. The van der Waals surface area contributed by atoms with Gasteiger partial charge in [-0.15, -0.1) is 0 Å². The standard InChI is InChI=1S/C14H19ClFN3O2S/c1-8(9-3-4-11(16)10(15)7-9)18-13(20)12(5-6-22-2)19-14(17)21/h3-4,7-8,12H,5-6H2,1-2H3,(H,18,20)(H3,17,19,21)/t8-,12+/m0/s1. The van der Waals surface area contributed by atoms with Gasteiger partial charge in [-0.25, -0.2) is 9.18 Å². The molecule has 0 saturated heterocycles. The van der Waals surface area contributed by atoms with Crippen molar-refractivity contribution >= 4 is 35.3 Å². The van der Waals surface area contributed by atoms with E-state index in [-0.39, 0.29) is 17.0 Å². The van der Waals surface area contributed by atoms with Crippen molar-refractivity contribution in [1.29, 1.82) is 0 Å². The van der Waals surface area contributed by atoms with Crippen LogP contribution in [-0.4, -0.2) is 30.0 Å². The van der Waals surface area contributed by atoms with Crippen LogP contribution in [0.4, 0.5) is 9.18 Å². The van der Waals surface area contributed by atoms with Crippen LogP contribution in [0.15, 0.2) is 18.2 Å². The van der Waals surface area contributed by atoms with Crippen molar-refractivity contribution in [3.05, 3.63) is 34.6 Å². The van der Waals surface area contributed by atoms with Crippen molar-refractivity contribution in [3.63, 3.8) is 0 Å². The largest absolute Gasteiger partial charge is 0.352 e. The van der Waals surface area contributed by atoms with E-state index in [0.717, 1.165) is 0 Å². The van der Waals surface area contributed by atoms with E-state index in [9.17, 15) is 14.0 Å². The second kappa shape index (κ2) is 8.85. The summed E-state index contributed by atoms with van der Waals surface area (Å²) < 4.78 is 13.2. The zero-order valence-corrected chi connectivity index (χ0v) is 13.9. The molecular formula is C14H19ClFN3O2S. The van der Waals surface area contributed by atoms with E-state index in [1.54, 1.807) is 24.8 Å². The molecule has 0 aliphatic heterocycles. The highest BCUT2D eigenvalue weighted by Crippen LogP contribution is 2.20. The molecule has 3 amide bonds. The van der Waals surface area contributed by atoms with Crippen LogP contribution >= 0.6 is 23.4 Å². The lowest BCUT2D eigenvalue weighted by molar-refractivity contribution is -0.123. The third-order valence-electron chi connectivity index (χ3n) is 3.05. The maximum Gasteiger partial charge on any atom is 0.312 e. The van der Waals surface area contributed by atoms with Crippen molar-refractivity contribution in [2.75, 3.05) is 12.0 Å². The number of primary amides is 1. The zero-order valence-electron chi connectivity index (χ0n) is 12.4. The second-order valence-corrected chi connectivity index (χ2v) is 6.14. The average Bonchev–Trinajstić information content (AvgIpc) is 2.45. The van der Waals surface area contributed by atoms with Gasteiger partial charge in [0.15, 0.2) is 0 Å². The molecule has 8 heteroatoms. The highest BCUT2D eigenvalue weighted by Gasteiger charge is 2.21. The zero-order chi connectivity index (χ0) is 16.7. The molecule has 1 rings (SSSR count). The molecule has 0 unspecified atom stereocenters. The fourth-order valence-corrected chi connectivity index (χ4v) is 2.52. The average molecular weight is 348 g/mol. The van der Waals surface area contributed by atoms with Crippen LogP contribution in [0, 0.1) is 5.82 Å². The monoisotopic (exact) mass is 347 g/mol. The predicted octanol–water partition coefficient (Wildman–Crippen LogP) is 2.45. The number of amides is 3. The van der Waals surface area contributed by atoms with Gasteiger partial charge in [-0.2, -0.15) is 11.8 Å². The van der Waals surface area contributed by atoms with E-state index in [1.807, 2.05) is 6.26 Å². The fraction of sp³-hybridized carbons (Fsp3) is 0.429. The summed E-state index contributed by atoms with van der Waals surface area (Å²) in [6, 6.07) is 2.41. The lowest BCUT2D eigenvalue weighted by atomic mass is 10.1. The summed E-state index contributed by atoms with van der Waals surface area (Å²) in [5, 5.41) is 5.17. The number of rotatable bonds is 7. The minimum atomic E-state index is -0.751. The van der Waals surface area contributed by atoms with Crippen LogP contribution in [0.3, 0.4) is 0 Å². The molecule has 22 heavy (non-hydrogen) atoms. The third kappa shape index (κ3) is 5.73. The van der Waals surface area contributed by atoms with Crippen molar-refractivity contribution < 1.29 is 14.0 Å². The Morgan fingerprint density at radius 2 is 2.09 bits per heavy atom. The summed E-state index contributed by atoms with van der Waals surface area (Å²) >= 11 is 7.29. The molecule has 5 nitrogen and oxygen atoms in total. The Hall–Kier alpha value is -1.47. The van der Waals surface area contributed by atoms with Gasteiger partial charge >= 0.3 is 6.03 Å². The number of nitrogens with one attached hydrogen (secondary N) is 2. The second-order valence-electron chi connectivity index (χ2n) is 4.75. The first-order valence-electron chi connectivity index (χ1n) is 6.65. The molecular weight excluding hydrogens is 329 g/mol. The molecule has 0 aromatic heterocycles. The first-order valence-corrected chi connectivity index (χ1v) is 8.42. The number of urea groups is 1. The molecule has 0 spiro atoms. The summed E-state index contributed by atoms with van der Waals surface area (Å²) in [7, 11) is 0. The van der Waals surface area contributed by atoms with Gasteiger partial charge in [0.1, 0.15) is 11.9 Å². The van der Waals surface area contributed by atoms with Crippen LogP contribution < -0.4 is 16.4 Å². The van der Waals surface area contributed by atoms with Gasteiger partial charge in [-0.1, -0.05) is 17.7 Å². The summed E-state index contributed by atoms with van der Waals surface area (Å²) in [6.45, 7) is 1.75. The number of hydrogen-bond donors (Lipinski definition) is 3. The highest BCUT2D eigenvalue weighted by molar-refractivity contribution is 7.98. The molecule has 0 radical (unpaired) electrons. The van der Waals surface area contributed by atoms with Crippen molar-refractivity contribution in [3.8, 4) is 0 Å². The lowest BCUT2D eigenvalue weighted by Gasteiger charge is -2.21. The van der Waals surface area contributed by atoms with E-state index in [4.69, 9.17) is 17.3 Å². The van der Waals surface area contributed by atoms with Gasteiger partial charge in [0.25, 0.3) is 0 Å². The van der Waals surface area contributed by atoms with Crippen LogP contribution in [0.25, 0.3) is 0 Å². The number of carbonyl (C=O) groups excluding carboxylic acids is 2. The quantitative estimate of drug-likeness (QED) is 0.708. The number of halogens is 2. The van der Waals surface area contributed by atoms with Crippen LogP contribution in [0.1, 0.15) is 24.9 Å². The molecule has 122 valence electrons. The molecule has 0 aliphatic carbocycles. The fourth-order valence-electron chi connectivity index (χ4n) is 1.86. The maximum absolute atomic E-state index is 13.2.